The Bertz CT molecular complexity index is 267. The van der Waals surface area contributed by atoms with E-state index in [1.54, 1.807) is 0 Å². The zero-order chi connectivity index (χ0) is 9.84. The first-order valence-electron chi connectivity index (χ1n) is 4.25. The van der Waals surface area contributed by atoms with Crippen LogP contribution in [0.4, 0.5) is 0 Å². The smallest absolute Gasteiger partial charge is 0.298 e. The Morgan fingerprint density at radius 3 is 3.08 bits per heavy atom. The van der Waals surface area contributed by atoms with Gasteiger partial charge in [0.25, 0.3) is 5.91 Å². The van der Waals surface area contributed by atoms with Gasteiger partial charge in [0.15, 0.2) is 0 Å². The van der Waals surface area contributed by atoms with Crippen molar-refractivity contribution in [2.45, 2.75) is 19.4 Å². The fourth-order valence-electron chi connectivity index (χ4n) is 1.45. The summed E-state index contributed by atoms with van der Waals surface area (Å²) in [5, 5.41) is 2.69. The number of hydrogen-bond acceptors (Lipinski definition) is 2. The molecule has 1 aliphatic rings. The van der Waals surface area contributed by atoms with Crippen LogP contribution in [-0.4, -0.2) is 35.8 Å². The quantitative estimate of drug-likeness (QED) is 0.545. The van der Waals surface area contributed by atoms with E-state index in [1.165, 1.54) is 4.90 Å². The van der Waals surface area contributed by atoms with Gasteiger partial charge >= 0.3 is 0 Å². The summed E-state index contributed by atoms with van der Waals surface area (Å²) in [4.78, 5) is 23.9. The number of carbonyl (C=O) groups excluding carboxylic acids is 2. The summed E-state index contributed by atoms with van der Waals surface area (Å²) in [6.45, 7) is 2.85. The van der Waals surface area contributed by atoms with Crippen molar-refractivity contribution in [3.63, 3.8) is 0 Å². The molecule has 13 heavy (non-hydrogen) atoms. The van der Waals surface area contributed by atoms with Gasteiger partial charge in [-0.25, -0.2) is 0 Å². The van der Waals surface area contributed by atoms with Crippen LogP contribution in [0.1, 0.15) is 13.3 Å². The molecular formula is C9H12N2O2. The number of amides is 2. The third kappa shape index (κ3) is 1.81. The normalized spacial score (nSPS) is 22.0. The van der Waals surface area contributed by atoms with Gasteiger partial charge in [0.1, 0.15) is 6.04 Å². The molecule has 0 aliphatic carbocycles. The SMILES string of the molecule is C#CC(=O)N1CCNC(=O)C1CC. The Hall–Kier alpha value is -1.50. The zero-order valence-electron chi connectivity index (χ0n) is 7.54. The Balaban J connectivity index is 2.77. The second kappa shape index (κ2) is 3.94. The van der Waals surface area contributed by atoms with Crippen LogP contribution in [-0.2, 0) is 9.59 Å². The number of terminal acetylenes is 1. The topological polar surface area (TPSA) is 49.4 Å². The average molecular weight is 180 g/mol. The van der Waals surface area contributed by atoms with E-state index in [9.17, 15) is 9.59 Å². The maximum Gasteiger partial charge on any atom is 0.298 e. The van der Waals surface area contributed by atoms with Crippen molar-refractivity contribution in [2.75, 3.05) is 13.1 Å². The molecule has 1 saturated heterocycles. The van der Waals surface area contributed by atoms with Crippen LogP contribution in [0.15, 0.2) is 0 Å². The molecule has 0 aromatic heterocycles. The van der Waals surface area contributed by atoms with Gasteiger partial charge in [-0.1, -0.05) is 6.92 Å². The molecule has 1 unspecified atom stereocenters. The number of nitrogens with one attached hydrogen (secondary N) is 1. The minimum Gasteiger partial charge on any atom is -0.353 e. The summed E-state index contributed by atoms with van der Waals surface area (Å²) in [6, 6.07) is -0.391. The van der Waals surface area contributed by atoms with Crippen LogP contribution < -0.4 is 5.32 Å². The lowest BCUT2D eigenvalue weighted by Gasteiger charge is -2.32. The van der Waals surface area contributed by atoms with Gasteiger partial charge in [-0.05, 0) is 12.3 Å². The first-order valence-corrected chi connectivity index (χ1v) is 4.25. The predicted molar refractivity (Wildman–Crippen MR) is 47.6 cm³/mol. The standard InChI is InChI=1S/C9H12N2O2/c1-3-7-9(13)10-5-6-11(7)8(12)4-2/h2,7H,3,5-6H2,1H3,(H,10,13). The van der Waals surface area contributed by atoms with E-state index in [2.05, 4.69) is 5.32 Å². The molecule has 1 aliphatic heterocycles. The summed E-state index contributed by atoms with van der Waals surface area (Å²) in [5.74, 6) is 1.51. The minimum atomic E-state index is -0.401. The predicted octanol–water partition coefficient (Wildman–Crippen LogP) is -0.643. The Morgan fingerprint density at radius 2 is 2.54 bits per heavy atom. The summed E-state index contributed by atoms with van der Waals surface area (Å²) < 4.78 is 0. The van der Waals surface area contributed by atoms with E-state index in [4.69, 9.17) is 6.42 Å². The largest absolute Gasteiger partial charge is 0.353 e. The van der Waals surface area contributed by atoms with Crippen molar-refractivity contribution in [2.24, 2.45) is 0 Å². The van der Waals surface area contributed by atoms with Crippen molar-refractivity contribution in [3.05, 3.63) is 0 Å². The van der Waals surface area contributed by atoms with Crippen LogP contribution in [0.5, 0.6) is 0 Å². The number of carbonyl (C=O) groups is 2. The van der Waals surface area contributed by atoms with Gasteiger partial charge in [-0.2, -0.15) is 0 Å². The lowest BCUT2D eigenvalue weighted by Crippen LogP contribution is -2.56. The highest BCUT2D eigenvalue weighted by Crippen LogP contribution is 2.07. The summed E-state index contributed by atoms with van der Waals surface area (Å²) in [5.41, 5.74) is 0. The van der Waals surface area contributed by atoms with Gasteiger partial charge in [0.2, 0.25) is 5.91 Å². The minimum absolute atomic E-state index is 0.114. The fraction of sp³-hybridized carbons (Fsp3) is 0.556. The maximum atomic E-state index is 11.3. The van der Waals surface area contributed by atoms with Gasteiger partial charge in [0, 0.05) is 13.1 Å². The van der Waals surface area contributed by atoms with Gasteiger partial charge < -0.3 is 10.2 Å². The molecule has 0 bridgehead atoms. The summed E-state index contributed by atoms with van der Waals surface area (Å²) in [7, 11) is 0. The fourth-order valence-corrected chi connectivity index (χ4v) is 1.45. The van der Waals surface area contributed by atoms with E-state index in [0.717, 1.165) is 0 Å². The molecule has 4 nitrogen and oxygen atoms in total. The van der Waals surface area contributed by atoms with Crippen molar-refractivity contribution in [1.29, 1.82) is 0 Å². The maximum absolute atomic E-state index is 11.3. The van der Waals surface area contributed by atoms with E-state index in [-0.39, 0.29) is 5.91 Å². The second-order valence-electron chi connectivity index (χ2n) is 2.86. The number of nitrogens with zero attached hydrogens (tertiary/aromatic N) is 1. The molecule has 0 radical (unpaired) electrons. The van der Waals surface area contributed by atoms with Crippen molar-refractivity contribution >= 4 is 11.8 Å². The summed E-state index contributed by atoms with van der Waals surface area (Å²) in [6.07, 6.45) is 5.59. The highest BCUT2D eigenvalue weighted by Gasteiger charge is 2.30. The molecule has 70 valence electrons. The zero-order valence-corrected chi connectivity index (χ0v) is 7.54. The van der Waals surface area contributed by atoms with E-state index in [0.29, 0.717) is 19.5 Å². The molecule has 1 rings (SSSR count). The first-order chi connectivity index (χ1) is 6.20. The molecule has 1 heterocycles. The van der Waals surface area contributed by atoms with Crippen LogP contribution in [0, 0.1) is 12.3 Å². The number of piperazine rings is 1. The lowest BCUT2D eigenvalue weighted by atomic mass is 10.1. The molecule has 2 amide bonds. The molecule has 4 heteroatoms. The van der Waals surface area contributed by atoms with Crippen molar-refractivity contribution in [3.8, 4) is 12.3 Å². The second-order valence-corrected chi connectivity index (χ2v) is 2.86. The Labute approximate surface area is 77.3 Å². The van der Waals surface area contributed by atoms with Crippen LogP contribution >= 0.6 is 0 Å². The van der Waals surface area contributed by atoms with Crippen molar-refractivity contribution < 1.29 is 9.59 Å². The Kier molecular flexibility index (Phi) is 2.91. The van der Waals surface area contributed by atoms with Crippen LogP contribution in [0.3, 0.4) is 0 Å². The van der Waals surface area contributed by atoms with Crippen LogP contribution in [0.2, 0.25) is 0 Å². The van der Waals surface area contributed by atoms with Gasteiger partial charge in [-0.3, -0.25) is 9.59 Å². The summed E-state index contributed by atoms with van der Waals surface area (Å²) >= 11 is 0. The first kappa shape index (κ1) is 9.59. The van der Waals surface area contributed by atoms with Gasteiger partial charge in [-0.15, -0.1) is 6.42 Å². The third-order valence-corrected chi connectivity index (χ3v) is 2.10. The molecular weight excluding hydrogens is 168 g/mol. The molecule has 0 saturated carbocycles. The monoisotopic (exact) mass is 180 g/mol. The van der Waals surface area contributed by atoms with E-state index in [1.807, 2.05) is 12.8 Å². The average Bonchev–Trinajstić information content (AvgIpc) is 2.16. The molecule has 1 N–H and O–H groups in total. The van der Waals surface area contributed by atoms with Crippen molar-refractivity contribution in [1.82, 2.24) is 10.2 Å². The highest BCUT2D eigenvalue weighted by molar-refractivity contribution is 5.97. The number of rotatable bonds is 1. The molecule has 0 spiro atoms. The third-order valence-electron chi connectivity index (χ3n) is 2.10. The number of hydrogen-bond donors (Lipinski definition) is 1. The molecule has 1 atom stereocenters. The lowest BCUT2D eigenvalue weighted by molar-refractivity contribution is -0.139. The molecule has 0 aromatic carbocycles. The molecule has 1 fully saturated rings. The molecule has 0 aromatic rings. The van der Waals surface area contributed by atoms with E-state index < -0.39 is 11.9 Å². The highest BCUT2D eigenvalue weighted by atomic mass is 16.2. The van der Waals surface area contributed by atoms with E-state index >= 15 is 0 Å². The van der Waals surface area contributed by atoms with Gasteiger partial charge in [0.05, 0.1) is 0 Å². The van der Waals surface area contributed by atoms with Crippen LogP contribution in [0.25, 0.3) is 0 Å². The Morgan fingerprint density at radius 1 is 1.85 bits per heavy atom.